The number of aryl methyl sites for hydroxylation is 1. The van der Waals surface area contributed by atoms with Crippen LogP contribution in [-0.4, -0.2) is 47.9 Å². The van der Waals surface area contributed by atoms with Gasteiger partial charge >= 0.3 is 0 Å². The van der Waals surface area contributed by atoms with E-state index in [2.05, 4.69) is 89.5 Å². The van der Waals surface area contributed by atoms with E-state index in [0.29, 0.717) is 0 Å². The van der Waals surface area contributed by atoms with Crippen LogP contribution in [0.3, 0.4) is 0 Å². The SMILES string of the molecule is COc1ccccc1N1CCN(c2cc(-c3ccccc3)nc3cc(-c4ccc(C)cc4)nn23)CC1. The standard InChI is InChI=1S/C30H29N5O/c1-22-12-14-24(15-13-22)26-20-29-31-25(23-8-4-3-5-9-23)21-30(35(29)32-26)34-18-16-33(17-19-34)27-10-6-7-11-28(27)36-2/h3-15,20-21H,16-19H2,1-2H3. The van der Waals surface area contributed by atoms with Gasteiger partial charge in [-0.1, -0.05) is 72.3 Å². The van der Waals surface area contributed by atoms with Crippen molar-refractivity contribution in [2.75, 3.05) is 43.1 Å². The molecule has 0 bridgehead atoms. The first kappa shape index (κ1) is 22.2. The smallest absolute Gasteiger partial charge is 0.158 e. The first-order valence-electron chi connectivity index (χ1n) is 12.4. The van der Waals surface area contributed by atoms with E-state index in [9.17, 15) is 0 Å². The quantitative estimate of drug-likeness (QED) is 0.326. The van der Waals surface area contributed by atoms with Crippen molar-refractivity contribution in [2.24, 2.45) is 0 Å². The zero-order valence-corrected chi connectivity index (χ0v) is 20.6. The molecule has 0 amide bonds. The summed E-state index contributed by atoms with van der Waals surface area (Å²) in [4.78, 5) is 9.81. The van der Waals surface area contributed by atoms with Crippen molar-refractivity contribution in [3.8, 4) is 28.3 Å². The lowest BCUT2D eigenvalue weighted by Gasteiger charge is -2.37. The summed E-state index contributed by atoms with van der Waals surface area (Å²) in [6.07, 6.45) is 0. The van der Waals surface area contributed by atoms with Crippen molar-refractivity contribution in [3.63, 3.8) is 0 Å². The highest BCUT2D eigenvalue weighted by atomic mass is 16.5. The average molecular weight is 476 g/mol. The Morgan fingerprint density at radius 1 is 0.694 bits per heavy atom. The van der Waals surface area contributed by atoms with Gasteiger partial charge in [-0.25, -0.2) is 4.98 Å². The maximum atomic E-state index is 5.61. The summed E-state index contributed by atoms with van der Waals surface area (Å²) in [6, 6.07) is 31.4. The molecule has 180 valence electrons. The second-order valence-electron chi connectivity index (χ2n) is 9.18. The van der Waals surface area contributed by atoms with Crippen LogP contribution in [0.1, 0.15) is 5.56 Å². The molecule has 36 heavy (non-hydrogen) atoms. The van der Waals surface area contributed by atoms with Crippen LogP contribution >= 0.6 is 0 Å². The molecule has 6 rings (SSSR count). The number of rotatable bonds is 5. The number of piperazine rings is 1. The van der Waals surface area contributed by atoms with Crippen LogP contribution in [0, 0.1) is 6.92 Å². The second-order valence-corrected chi connectivity index (χ2v) is 9.18. The van der Waals surface area contributed by atoms with E-state index in [0.717, 1.165) is 71.6 Å². The number of fused-ring (bicyclic) bond motifs is 1. The number of nitrogens with zero attached hydrogens (tertiary/aromatic N) is 5. The molecule has 0 atom stereocenters. The number of hydrogen-bond acceptors (Lipinski definition) is 5. The summed E-state index contributed by atoms with van der Waals surface area (Å²) < 4.78 is 7.61. The first-order valence-corrected chi connectivity index (χ1v) is 12.4. The molecule has 0 aliphatic carbocycles. The molecule has 6 nitrogen and oxygen atoms in total. The van der Waals surface area contributed by atoms with Gasteiger partial charge in [-0.05, 0) is 19.1 Å². The molecule has 0 saturated carbocycles. The Balaban J connectivity index is 1.38. The Labute approximate surface area is 211 Å². The van der Waals surface area contributed by atoms with Gasteiger partial charge in [0, 0.05) is 49.4 Å². The molecule has 0 N–H and O–H groups in total. The predicted octanol–water partition coefficient (Wildman–Crippen LogP) is 5.71. The molecule has 0 radical (unpaired) electrons. The largest absolute Gasteiger partial charge is 0.495 e. The van der Waals surface area contributed by atoms with E-state index in [4.69, 9.17) is 14.8 Å². The molecule has 1 aliphatic rings. The summed E-state index contributed by atoms with van der Waals surface area (Å²) in [5, 5.41) is 5.01. The zero-order valence-electron chi connectivity index (χ0n) is 20.6. The van der Waals surface area contributed by atoms with Crippen LogP contribution in [0.5, 0.6) is 5.75 Å². The highest BCUT2D eigenvalue weighted by Crippen LogP contribution is 2.31. The topological polar surface area (TPSA) is 45.9 Å². The molecular formula is C30H29N5O. The third kappa shape index (κ3) is 4.15. The van der Waals surface area contributed by atoms with Gasteiger partial charge in [-0.2, -0.15) is 9.61 Å². The van der Waals surface area contributed by atoms with Gasteiger partial charge in [0.25, 0.3) is 0 Å². The lowest BCUT2D eigenvalue weighted by atomic mass is 10.1. The second kappa shape index (κ2) is 9.38. The summed E-state index contributed by atoms with van der Waals surface area (Å²) in [6.45, 7) is 5.66. The van der Waals surface area contributed by atoms with Gasteiger partial charge in [0.2, 0.25) is 0 Å². The average Bonchev–Trinajstić information content (AvgIpc) is 3.38. The molecule has 3 heterocycles. The van der Waals surface area contributed by atoms with E-state index in [1.807, 2.05) is 22.7 Å². The number of methoxy groups -OCH3 is 1. The normalized spacial score (nSPS) is 13.8. The van der Waals surface area contributed by atoms with E-state index in [1.54, 1.807) is 7.11 Å². The highest BCUT2D eigenvalue weighted by Gasteiger charge is 2.23. The van der Waals surface area contributed by atoms with Crippen LogP contribution in [0.2, 0.25) is 0 Å². The van der Waals surface area contributed by atoms with Crippen LogP contribution in [0.15, 0.2) is 91.0 Å². The van der Waals surface area contributed by atoms with E-state index in [-0.39, 0.29) is 0 Å². The molecule has 3 aromatic carbocycles. The Hall–Kier alpha value is -4.32. The summed E-state index contributed by atoms with van der Waals surface area (Å²) in [5.41, 5.74) is 7.33. The van der Waals surface area contributed by atoms with Crippen molar-refractivity contribution in [1.82, 2.24) is 14.6 Å². The lowest BCUT2D eigenvalue weighted by molar-refractivity contribution is 0.413. The Morgan fingerprint density at radius 2 is 1.36 bits per heavy atom. The van der Waals surface area contributed by atoms with Crippen molar-refractivity contribution in [2.45, 2.75) is 6.92 Å². The lowest BCUT2D eigenvalue weighted by Crippen LogP contribution is -2.47. The van der Waals surface area contributed by atoms with E-state index >= 15 is 0 Å². The summed E-state index contributed by atoms with van der Waals surface area (Å²) in [7, 11) is 1.73. The maximum absolute atomic E-state index is 5.61. The minimum atomic E-state index is 0.856. The fourth-order valence-electron chi connectivity index (χ4n) is 4.87. The Kier molecular flexibility index (Phi) is 5.77. The number of hydrogen-bond donors (Lipinski definition) is 0. The van der Waals surface area contributed by atoms with Crippen LogP contribution in [0.4, 0.5) is 11.5 Å². The molecule has 1 saturated heterocycles. The van der Waals surface area contributed by atoms with E-state index < -0.39 is 0 Å². The first-order chi connectivity index (χ1) is 17.7. The van der Waals surface area contributed by atoms with Crippen LogP contribution in [-0.2, 0) is 0 Å². The monoisotopic (exact) mass is 475 g/mol. The van der Waals surface area contributed by atoms with Crippen molar-refractivity contribution < 1.29 is 4.74 Å². The summed E-state index contributed by atoms with van der Waals surface area (Å²) in [5.74, 6) is 1.98. The molecule has 5 aromatic rings. The number of para-hydroxylation sites is 2. The van der Waals surface area contributed by atoms with Gasteiger partial charge in [-0.15, -0.1) is 0 Å². The zero-order chi connectivity index (χ0) is 24.5. The molecular weight excluding hydrogens is 446 g/mol. The molecule has 0 unspecified atom stereocenters. The summed E-state index contributed by atoms with van der Waals surface area (Å²) >= 11 is 0. The molecule has 2 aromatic heterocycles. The van der Waals surface area contributed by atoms with Crippen LogP contribution in [0.25, 0.3) is 28.2 Å². The minimum absolute atomic E-state index is 0.856. The third-order valence-electron chi connectivity index (χ3n) is 6.85. The number of aromatic nitrogens is 3. The Bertz CT molecular complexity index is 1490. The number of anilines is 2. The maximum Gasteiger partial charge on any atom is 0.158 e. The Morgan fingerprint density at radius 3 is 2.11 bits per heavy atom. The van der Waals surface area contributed by atoms with Gasteiger partial charge in [0.15, 0.2) is 5.65 Å². The third-order valence-corrected chi connectivity index (χ3v) is 6.85. The van der Waals surface area contributed by atoms with Crippen molar-refractivity contribution >= 4 is 17.2 Å². The molecule has 1 fully saturated rings. The fraction of sp³-hybridized carbons (Fsp3) is 0.200. The minimum Gasteiger partial charge on any atom is -0.495 e. The van der Waals surface area contributed by atoms with Gasteiger partial charge in [0.05, 0.1) is 24.2 Å². The fourth-order valence-corrected chi connectivity index (χ4v) is 4.87. The van der Waals surface area contributed by atoms with Gasteiger partial charge in [0.1, 0.15) is 11.6 Å². The highest BCUT2D eigenvalue weighted by molar-refractivity contribution is 5.71. The van der Waals surface area contributed by atoms with E-state index in [1.165, 1.54) is 5.56 Å². The van der Waals surface area contributed by atoms with Crippen molar-refractivity contribution in [3.05, 3.63) is 96.6 Å². The van der Waals surface area contributed by atoms with Crippen molar-refractivity contribution in [1.29, 1.82) is 0 Å². The van der Waals surface area contributed by atoms with Crippen LogP contribution < -0.4 is 14.5 Å². The molecule has 1 aliphatic heterocycles. The molecule has 0 spiro atoms. The number of benzene rings is 3. The number of ether oxygens (including phenoxy) is 1. The molecule has 6 heteroatoms. The van der Waals surface area contributed by atoms with Gasteiger partial charge in [-0.3, -0.25) is 0 Å². The predicted molar refractivity (Wildman–Crippen MR) is 146 cm³/mol. The van der Waals surface area contributed by atoms with Gasteiger partial charge < -0.3 is 14.5 Å².